The fraction of sp³-hybridized carbons (Fsp3) is 0.333. The van der Waals surface area contributed by atoms with E-state index in [-0.39, 0.29) is 6.04 Å². The molecule has 0 radical (unpaired) electrons. The molecule has 1 aromatic heterocycles. The van der Waals surface area contributed by atoms with Crippen LogP contribution < -0.4 is 5.73 Å². The van der Waals surface area contributed by atoms with E-state index < -0.39 is 0 Å². The summed E-state index contributed by atoms with van der Waals surface area (Å²) >= 11 is 6.13. The molecule has 0 saturated heterocycles. The Balaban J connectivity index is 2.64. The highest BCUT2D eigenvalue weighted by Crippen LogP contribution is 2.28. The third-order valence-corrected chi connectivity index (χ3v) is 2.88. The standard InChI is InChI=1S/C12H15ClN2/c1-8(14)6-9-4-3-5-10-11(13)7-15(2)12(9)10/h3-5,7-8H,6,14H2,1-2H3. The molecule has 2 N–H and O–H groups in total. The second kappa shape index (κ2) is 3.87. The van der Waals surface area contributed by atoms with E-state index >= 15 is 0 Å². The molecule has 0 aliphatic heterocycles. The first-order chi connectivity index (χ1) is 7.09. The molecule has 1 unspecified atom stereocenters. The minimum absolute atomic E-state index is 0.171. The monoisotopic (exact) mass is 222 g/mol. The van der Waals surface area contributed by atoms with Crippen molar-refractivity contribution in [3.63, 3.8) is 0 Å². The number of rotatable bonds is 2. The average Bonchev–Trinajstić information content (AvgIpc) is 2.43. The Morgan fingerprint density at radius 1 is 1.47 bits per heavy atom. The Bertz CT molecular complexity index is 486. The number of fused-ring (bicyclic) bond motifs is 1. The van der Waals surface area contributed by atoms with E-state index in [0.717, 1.165) is 16.8 Å². The maximum Gasteiger partial charge on any atom is 0.0661 e. The minimum Gasteiger partial charge on any atom is -0.349 e. The molecule has 2 aromatic rings. The third kappa shape index (κ3) is 1.87. The van der Waals surface area contributed by atoms with Gasteiger partial charge in [-0.05, 0) is 18.9 Å². The SMILES string of the molecule is CC(N)Cc1cccc2c(Cl)cn(C)c12. The molecule has 80 valence electrons. The quantitative estimate of drug-likeness (QED) is 0.833. The van der Waals surface area contributed by atoms with Crippen molar-refractivity contribution < 1.29 is 0 Å². The zero-order valence-corrected chi connectivity index (χ0v) is 9.75. The second-order valence-electron chi connectivity index (χ2n) is 4.08. The lowest BCUT2D eigenvalue weighted by Gasteiger charge is -2.08. The highest BCUT2D eigenvalue weighted by Gasteiger charge is 2.09. The first kappa shape index (κ1) is 10.5. The molecule has 0 aliphatic carbocycles. The third-order valence-electron chi connectivity index (χ3n) is 2.58. The molecule has 0 fully saturated rings. The number of para-hydroxylation sites is 1. The van der Waals surface area contributed by atoms with Crippen molar-refractivity contribution in [3.8, 4) is 0 Å². The lowest BCUT2D eigenvalue weighted by molar-refractivity contribution is 0.738. The van der Waals surface area contributed by atoms with E-state index in [9.17, 15) is 0 Å². The summed E-state index contributed by atoms with van der Waals surface area (Å²) in [5.41, 5.74) is 8.29. The van der Waals surface area contributed by atoms with Crippen molar-refractivity contribution in [1.29, 1.82) is 0 Å². The summed E-state index contributed by atoms with van der Waals surface area (Å²) in [6.45, 7) is 2.02. The number of halogens is 1. The summed E-state index contributed by atoms with van der Waals surface area (Å²) in [5.74, 6) is 0. The minimum atomic E-state index is 0.171. The van der Waals surface area contributed by atoms with Gasteiger partial charge in [-0.1, -0.05) is 29.8 Å². The van der Waals surface area contributed by atoms with Crippen LogP contribution >= 0.6 is 11.6 Å². The summed E-state index contributed by atoms with van der Waals surface area (Å²) in [4.78, 5) is 0. The van der Waals surface area contributed by atoms with Gasteiger partial charge in [0.15, 0.2) is 0 Å². The van der Waals surface area contributed by atoms with Gasteiger partial charge in [0, 0.05) is 24.7 Å². The predicted octanol–water partition coefficient (Wildman–Crippen LogP) is 2.72. The van der Waals surface area contributed by atoms with Gasteiger partial charge in [0.05, 0.1) is 10.5 Å². The van der Waals surface area contributed by atoms with Gasteiger partial charge in [-0.15, -0.1) is 0 Å². The van der Waals surface area contributed by atoms with Crippen molar-refractivity contribution in [2.75, 3.05) is 0 Å². The zero-order valence-electron chi connectivity index (χ0n) is 9.00. The van der Waals surface area contributed by atoms with E-state index in [1.807, 2.05) is 32.3 Å². The lowest BCUT2D eigenvalue weighted by atomic mass is 10.0. The number of nitrogens with zero attached hydrogens (tertiary/aromatic N) is 1. The summed E-state index contributed by atoms with van der Waals surface area (Å²) in [6.07, 6.45) is 2.82. The van der Waals surface area contributed by atoms with Crippen molar-refractivity contribution in [2.24, 2.45) is 12.8 Å². The van der Waals surface area contributed by atoms with Crippen LogP contribution in [0.2, 0.25) is 5.02 Å². The van der Waals surface area contributed by atoms with Gasteiger partial charge in [0.1, 0.15) is 0 Å². The van der Waals surface area contributed by atoms with Gasteiger partial charge in [-0.25, -0.2) is 0 Å². The normalized spacial score (nSPS) is 13.3. The molecule has 1 atom stereocenters. The van der Waals surface area contributed by atoms with Gasteiger partial charge in [-0.2, -0.15) is 0 Å². The van der Waals surface area contributed by atoms with Crippen LogP contribution in [0.3, 0.4) is 0 Å². The Labute approximate surface area is 94.6 Å². The maximum absolute atomic E-state index is 6.13. The highest BCUT2D eigenvalue weighted by molar-refractivity contribution is 6.35. The molecular weight excluding hydrogens is 208 g/mol. The van der Waals surface area contributed by atoms with Gasteiger partial charge >= 0.3 is 0 Å². The summed E-state index contributed by atoms with van der Waals surface area (Å²) in [5, 5.41) is 1.91. The second-order valence-corrected chi connectivity index (χ2v) is 4.49. The molecule has 0 saturated carbocycles. The summed E-state index contributed by atoms with van der Waals surface area (Å²) in [6, 6.07) is 6.36. The van der Waals surface area contributed by atoms with Crippen LogP contribution in [0.1, 0.15) is 12.5 Å². The molecule has 1 aromatic carbocycles. The number of hydrogen-bond acceptors (Lipinski definition) is 1. The highest BCUT2D eigenvalue weighted by atomic mass is 35.5. The number of nitrogens with two attached hydrogens (primary N) is 1. The van der Waals surface area contributed by atoms with Crippen molar-refractivity contribution >= 4 is 22.5 Å². The number of aromatic nitrogens is 1. The van der Waals surface area contributed by atoms with Crippen LogP contribution in [0.4, 0.5) is 0 Å². The van der Waals surface area contributed by atoms with Gasteiger partial charge in [0.2, 0.25) is 0 Å². The van der Waals surface area contributed by atoms with Crippen LogP contribution in [0.25, 0.3) is 10.9 Å². The Kier molecular flexibility index (Phi) is 2.72. The summed E-state index contributed by atoms with van der Waals surface area (Å²) in [7, 11) is 2.01. The maximum atomic E-state index is 6.13. The van der Waals surface area contributed by atoms with E-state index in [1.54, 1.807) is 0 Å². The zero-order chi connectivity index (χ0) is 11.0. The van der Waals surface area contributed by atoms with Crippen molar-refractivity contribution in [2.45, 2.75) is 19.4 Å². The fourth-order valence-corrected chi connectivity index (χ4v) is 2.32. The Morgan fingerprint density at radius 3 is 2.87 bits per heavy atom. The first-order valence-corrected chi connectivity index (χ1v) is 5.45. The van der Waals surface area contributed by atoms with E-state index in [0.29, 0.717) is 0 Å². The molecule has 3 heteroatoms. The molecule has 1 heterocycles. The van der Waals surface area contributed by atoms with Crippen molar-refractivity contribution in [1.82, 2.24) is 4.57 Å². The fourth-order valence-electron chi connectivity index (χ4n) is 2.02. The molecule has 0 aliphatic rings. The molecule has 2 rings (SSSR count). The van der Waals surface area contributed by atoms with E-state index in [4.69, 9.17) is 17.3 Å². The molecule has 15 heavy (non-hydrogen) atoms. The number of benzene rings is 1. The first-order valence-electron chi connectivity index (χ1n) is 5.07. The van der Waals surface area contributed by atoms with Gasteiger partial charge < -0.3 is 10.3 Å². The van der Waals surface area contributed by atoms with E-state index in [2.05, 4.69) is 10.6 Å². The van der Waals surface area contributed by atoms with Crippen LogP contribution in [0.15, 0.2) is 24.4 Å². The molecule has 0 spiro atoms. The Morgan fingerprint density at radius 2 is 2.20 bits per heavy atom. The van der Waals surface area contributed by atoms with E-state index in [1.165, 1.54) is 11.1 Å². The molecule has 2 nitrogen and oxygen atoms in total. The smallest absolute Gasteiger partial charge is 0.0661 e. The van der Waals surface area contributed by atoms with Gasteiger partial charge in [0.25, 0.3) is 0 Å². The van der Waals surface area contributed by atoms with Gasteiger partial charge in [-0.3, -0.25) is 0 Å². The predicted molar refractivity (Wildman–Crippen MR) is 65.3 cm³/mol. The largest absolute Gasteiger partial charge is 0.349 e. The Hall–Kier alpha value is -0.990. The lowest BCUT2D eigenvalue weighted by Crippen LogP contribution is -2.18. The van der Waals surface area contributed by atoms with Crippen LogP contribution in [-0.2, 0) is 13.5 Å². The topological polar surface area (TPSA) is 30.9 Å². The van der Waals surface area contributed by atoms with Crippen LogP contribution in [0, 0.1) is 0 Å². The molecule has 0 bridgehead atoms. The summed E-state index contributed by atoms with van der Waals surface area (Å²) < 4.78 is 2.06. The van der Waals surface area contributed by atoms with Crippen LogP contribution in [0.5, 0.6) is 0 Å². The molecule has 0 amide bonds. The number of aryl methyl sites for hydroxylation is 1. The number of hydrogen-bond donors (Lipinski definition) is 1. The average molecular weight is 223 g/mol. The molecular formula is C12H15ClN2. The van der Waals surface area contributed by atoms with Crippen molar-refractivity contribution in [3.05, 3.63) is 35.0 Å². The van der Waals surface area contributed by atoms with Crippen LogP contribution in [-0.4, -0.2) is 10.6 Å².